The van der Waals surface area contributed by atoms with Crippen molar-refractivity contribution < 1.29 is 4.79 Å². The van der Waals surface area contributed by atoms with Gasteiger partial charge in [0.15, 0.2) is 0 Å². The molecule has 1 amide bonds. The van der Waals surface area contributed by atoms with Crippen LogP contribution in [0, 0.1) is 6.92 Å². The molecule has 4 nitrogen and oxygen atoms in total. The molecule has 116 valence electrons. The molecule has 22 heavy (non-hydrogen) atoms. The first-order valence-corrected chi connectivity index (χ1v) is 8.03. The number of likely N-dealkylation sites (tertiary alicyclic amines) is 1. The third-order valence-electron chi connectivity index (χ3n) is 4.35. The van der Waals surface area contributed by atoms with Crippen molar-refractivity contribution in [3.8, 4) is 0 Å². The third kappa shape index (κ3) is 3.17. The second-order valence-electron chi connectivity index (χ2n) is 5.79. The van der Waals surface area contributed by atoms with Gasteiger partial charge in [-0.25, -0.2) is 0 Å². The standard InChI is InChI=1S/C17H20ClN3O/c1-13-6-9-19-21(13)11-8-17(22)20-10-7-14(12-20)15-4-2-3-5-16(15)18/h2-6,9,14H,7-8,10-12H2,1H3/t14-/m0/s1. The Morgan fingerprint density at radius 3 is 2.91 bits per heavy atom. The molecule has 3 rings (SSSR count). The zero-order valence-corrected chi connectivity index (χ0v) is 13.5. The van der Waals surface area contributed by atoms with Crippen molar-refractivity contribution >= 4 is 17.5 Å². The molecule has 0 aliphatic carbocycles. The Labute approximate surface area is 135 Å². The van der Waals surface area contributed by atoms with Crippen LogP contribution in [0.3, 0.4) is 0 Å². The summed E-state index contributed by atoms with van der Waals surface area (Å²) in [6.07, 6.45) is 3.25. The monoisotopic (exact) mass is 317 g/mol. The maximum atomic E-state index is 12.4. The van der Waals surface area contributed by atoms with Gasteiger partial charge in [-0.1, -0.05) is 29.8 Å². The van der Waals surface area contributed by atoms with Gasteiger partial charge in [0.25, 0.3) is 0 Å². The zero-order valence-electron chi connectivity index (χ0n) is 12.7. The van der Waals surface area contributed by atoms with Crippen molar-refractivity contribution in [1.82, 2.24) is 14.7 Å². The number of hydrogen-bond acceptors (Lipinski definition) is 2. The summed E-state index contributed by atoms with van der Waals surface area (Å²) in [5, 5.41) is 5.02. The SMILES string of the molecule is Cc1ccnn1CCC(=O)N1CC[C@H](c2ccccc2Cl)C1. The zero-order chi connectivity index (χ0) is 15.5. The number of nitrogens with zero attached hydrogens (tertiary/aromatic N) is 3. The highest BCUT2D eigenvalue weighted by Gasteiger charge is 2.28. The van der Waals surface area contributed by atoms with Gasteiger partial charge in [-0.2, -0.15) is 5.10 Å². The van der Waals surface area contributed by atoms with Gasteiger partial charge in [0.05, 0.1) is 0 Å². The number of aryl methyl sites for hydroxylation is 2. The molecule has 0 bridgehead atoms. The van der Waals surface area contributed by atoms with Crippen molar-refractivity contribution in [1.29, 1.82) is 0 Å². The van der Waals surface area contributed by atoms with Crippen molar-refractivity contribution in [2.45, 2.75) is 32.2 Å². The van der Waals surface area contributed by atoms with E-state index in [0.29, 0.717) is 18.9 Å². The number of amides is 1. The summed E-state index contributed by atoms with van der Waals surface area (Å²) in [4.78, 5) is 14.3. The summed E-state index contributed by atoms with van der Waals surface area (Å²) in [6.45, 7) is 4.22. The first-order valence-electron chi connectivity index (χ1n) is 7.66. The summed E-state index contributed by atoms with van der Waals surface area (Å²) >= 11 is 6.26. The Morgan fingerprint density at radius 2 is 2.18 bits per heavy atom. The molecule has 1 aliphatic rings. The largest absolute Gasteiger partial charge is 0.342 e. The minimum absolute atomic E-state index is 0.199. The minimum atomic E-state index is 0.199. The van der Waals surface area contributed by atoms with Crippen molar-refractivity contribution in [3.63, 3.8) is 0 Å². The van der Waals surface area contributed by atoms with E-state index >= 15 is 0 Å². The molecule has 2 heterocycles. The molecule has 1 fully saturated rings. The topological polar surface area (TPSA) is 38.1 Å². The summed E-state index contributed by atoms with van der Waals surface area (Å²) in [5.41, 5.74) is 2.24. The number of carbonyl (C=O) groups is 1. The summed E-state index contributed by atoms with van der Waals surface area (Å²) in [6, 6.07) is 9.88. The van der Waals surface area contributed by atoms with E-state index in [1.165, 1.54) is 0 Å². The van der Waals surface area contributed by atoms with Gasteiger partial charge in [0.2, 0.25) is 5.91 Å². The minimum Gasteiger partial charge on any atom is -0.342 e. The number of aromatic nitrogens is 2. The van der Waals surface area contributed by atoms with E-state index in [1.54, 1.807) is 6.20 Å². The van der Waals surface area contributed by atoms with Crippen LogP contribution in [0.15, 0.2) is 36.5 Å². The number of carbonyl (C=O) groups excluding carboxylic acids is 1. The van der Waals surface area contributed by atoms with E-state index in [2.05, 4.69) is 11.2 Å². The summed E-state index contributed by atoms with van der Waals surface area (Å²) < 4.78 is 1.87. The van der Waals surface area contributed by atoms with Crippen LogP contribution in [0.25, 0.3) is 0 Å². The fourth-order valence-corrected chi connectivity index (χ4v) is 3.33. The Kier molecular flexibility index (Phi) is 4.48. The Balaban J connectivity index is 1.57. The molecule has 5 heteroatoms. The second kappa shape index (κ2) is 6.53. The quantitative estimate of drug-likeness (QED) is 0.868. The highest BCUT2D eigenvalue weighted by molar-refractivity contribution is 6.31. The Hall–Kier alpha value is -1.81. The molecule has 0 spiro atoms. The number of halogens is 1. The first kappa shape index (κ1) is 15.1. The van der Waals surface area contributed by atoms with Crippen LogP contribution in [0.1, 0.15) is 30.0 Å². The van der Waals surface area contributed by atoms with Gasteiger partial charge >= 0.3 is 0 Å². The lowest BCUT2D eigenvalue weighted by molar-refractivity contribution is -0.130. The molecule has 1 atom stereocenters. The van der Waals surface area contributed by atoms with E-state index in [9.17, 15) is 4.79 Å². The van der Waals surface area contributed by atoms with Gasteiger partial charge in [0.1, 0.15) is 0 Å². The molecule has 1 saturated heterocycles. The molecular weight excluding hydrogens is 298 g/mol. The van der Waals surface area contributed by atoms with Gasteiger partial charge < -0.3 is 4.90 Å². The predicted octanol–water partition coefficient (Wildman–Crippen LogP) is 3.25. The van der Waals surface area contributed by atoms with E-state index in [-0.39, 0.29) is 5.91 Å². The number of benzene rings is 1. The second-order valence-corrected chi connectivity index (χ2v) is 6.20. The van der Waals surface area contributed by atoms with Crippen LogP contribution in [0.2, 0.25) is 5.02 Å². The summed E-state index contributed by atoms with van der Waals surface area (Å²) in [5.74, 6) is 0.550. The lowest BCUT2D eigenvalue weighted by Gasteiger charge is -2.17. The van der Waals surface area contributed by atoms with Crippen molar-refractivity contribution in [2.24, 2.45) is 0 Å². The Bertz CT molecular complexity index is 667. The fraction of sp³-hybridized carbons (Fsp3) is 0.412. The first-order chi connectivity index (χ1) is 10.6. The average Bonchev–Trinajstić information content (AvgIpc) is 3.14. The van der Waals surface area contributed by atoms with Crippen LogP contribution in [-0.2, 0) is 11.3 Å². The summed E-state index contributed by atoms with van der Waals surface area (Å²) in [7, 11) is 0. The van der Waals surface area contributed by atoms with E-state index < -0.39 is 0 Å². The Morgan fingerprint density at radius 1 is 1.36 bits per heavy atom. The molecule has 2 aromatic rings. The van der Waals surface area contributed by atoms with Gasteiger partial charge in [0, 0.05) is 48.9 Å². The molecule has 1 aromatic carbocycles. The third-order valence-corrected chi connectivity index (χ3v) is 4.70. The van der Waals surface area contributed by atoms with Gasteiger partial charge in [-0.05, 0) is 31.0 Å². The van der Waals surface area contributed by atoms with Crippen LogP contribution in [0.4, 0.5) is 0 Å². The van der Waals surface area contributed by atoms with Crippen LogP contribution in [-0.4, -0.2) is 33.7 Å². The van der Waals surface area contributed by atoms with Gasteiger partial charge in [-0.3, -0.25) is 9.48 Å². The van der Waals surface area contributed by atoms with Gasteiger partial charge in [-0.15, -0.1) is 0 Å². The molecule has 0 N–H and O–H groups in total. The number of rotatable bonds is 4. The number of hydrogen-bond donors (Lipinski definition) is 0. The highest BCUT2D eigenvalue weighted by atomic mass is 35.5. The fourth-order valence-electron chi connectivity index (χ4n) is 3.04. The molecule has 0 radical (unpaired) electrons. The maximum Gasteiger partial charge on any atom is 0.224 e. The van der Waals surface area contributed by atoms with Crippen LogP contribution < -0.4 is 0 Å². The smallest absolute Gasteiger partial charge is 0.224 e. The molecule has 1 aliphatic heterocycles. The highest BCUT2D eigenvalue weighted by Crippen LogP contribution is 2.32. The van der Waals surface area contributed by atoms with E-state index in [0.717, 1.165) is 35.8 Å². The van der Waals surface area contributed by atoms with Crippen LogP contribution in [0.5, 0.6) is 0 Å². The lowest BCUT2D eigenvalue weighted by atomic mass is 9.98. The molecular formula is C17H20ClN3O. The predicted molar refractivity (Wildman–Crippen MR) is 87.0 cm³/mol. The van der Waals surface area contributed by atoms with E-state index in [1.807, 2.05) is 40.8 Å². The molecule has 0 unspecified atom stereocenters. The molecule has 0 saturated carbocycles. The van der Waals surface area contributed by atoms with E-state index in [4.69, 9.17) is 11.6 Å². The normalized spacial score (nSPS) is 17.9. The molecule has 1 aromatic heterocycles. The maximum absolute atomic E-state index is 12.4. The van der Waals surface area contributed by atoms with Crippen molar-refractivity contribution in [3.05, 3.63) is 52.8 Å². The average molecular weight is 318 g/mol. The lowest BCUT2D eigenvalue weighted by Crippen LogP contribution is -2.29. The van der Waals surface area contributed by atoms with Crippen molar-refractivity contribution in [2.75, 3.05) is 13.1 Å². The van der Waals surface area contributed by atoms with Crippen LogP contribution >= 0.6 is 11.6 Å².